The first-order valence-corrected chi connectivity index (χ1v) is 5.61. The van der Waals surface area contributed by atoms with Crippen LogP contribution in [0, 0.1) is 6.92 Å². The maximum Gasteiger partial charge on any atom is 0.0539 e. The van der Waals surface area contributed by atoms with Gasteiger partial charge in [-0.2, -0.15) is 5.10 Å². The summed E-state index contributed by atoms with van der Waals surface area (Å²) in [7, 11) is 3.99. The van der Waals surface area contributed by atoms with Crippen LogP contribution in [0.2, 0.25) is 0 Å². The third-order valence-electron chi connectivity index (χ3n) is 2.87. The van der Waals surface area contributed by atoms with E-state index >= 15 is 0 Å². The fourth-order valence-electron chi connectivity index (χ4n) is 1.82. The molecule has 0 aliphatic rings. The molecule has 4 heteroatoms. The smallest absolute Gasteiger partial charge is 0.0539 e. The van der Waals surface area contributed by atoms with Gasteiger partial charge in [-0.1, -0.05) is 0 Å². The average molecular weight is 230 g/mol. The van der Waals surface area contributed by atoms with E-state index in [-0.39, 0.29) is 0 Å². The molecule has 0 saturated carbocycles. The normalized spacial score (nSPS) is 10.5. The molecule has 0 spiro atoms. The van der Waals surface area contributed by atoms with Gasteiger partial charge >= 0.3 is 0 Å². The summed E-state index contributed by atoms with van der Waals surface area (Å²) in [5.74, 6) is 0. The predicted octanol–water partition coefficient (Wildman–Crippen LogP) is 1.95. The van der Waals surface area contributed by atoms with Crippen LogP contribution in [-0.2, 0) is 13.6 Å². The fraction of sp³-hybridized carbons (Fsp3) is 0.308. The molecule has 0 atom stereocenters. The van der Waals surface area contributed by atoms with Gasteiger partial charge in [0.15, 0.2) is 0 Å². The van der Waals surface area contributed by atoms with E-state index in [1.165, 1.54) is 11.3 Å². The number of rotatable bonds is 3. The van der Waals surface area contributed by atoms with E-state index < -0.39 is 0 Å². The van der Waals surface area contributed by atoms with Gasteiger partial charge in [-0.15, -0.1) is 0 Å². The Balaban J connectivity index is 2.14. The number of nitrogens with two attached hydrogens (primary N) is 1. The Kier molecular flexibility index (Phi) is 3.04. The highest BCUT2D eigenvalue weighted by Crippen LogP contribution is 2.20. The number of nitrogen functional groups attached to an aromatic ring is 1. The van der Waals surface area contributed by atoms with Gasteiger partial charge in [0.1, 0.15) is 0 Å². The summed E-state index contributed by atoms with van der Waals surface area (Å²) < 4.78 is 1.82. The minimum Gasteiger partial charge on any atom is -0.399 e. The predicted molar refractivity (Wildman–Crippen MR) is 70.9 cm³/mol. The third kappa shape index (κ3) is 2.58. The lowest BCUT2D eigenvalue weighted by Crippen LogP contribution is -2.16. The maximum atomic E-state index is 5.81. The van der Waals surface area contributed by atoms with Crippen LogP contribution in [-0.4, -0.2) is 16.8 Å². The van der Waals surface area contributed by atoms with Crippen molar-refractivity contribution in [3.8, 4) is 0 Å². The van der Waals surface area contributed by atoms with E-state index in [1.807, 2.05) is 43.2 Å². The van der Waals surface area contributed by atoms with E-state index in [0.29, 0.717) is 0 Å². The minimum absolute atomic E-state index is 0.837. The Morgan fingerprint density at radius 2 is 2.18 bits per heavy atom. The number of aromatic nitrogens is 2. The zero-order valence-corrected chi connectivity index (χ0v) is 10.5. The molecule has 2 aromatic rings. The fourth-order valence-corrected chi connectivity index (χ4v) is 1.82. The van der Waals surface area contributed by atoms with Crippen LogP contribution in [0.25, 0.3) is 0 Å². The Labute approximate surface area is 102 Å². The number of nitrogens with zero attached hydrogens (tertiary/aromatic N) is 3. The molecule has 0 fully saturated rings. The lowest BCUT2D eigenvalue weighted by molar-refractivity contribution is 0.766. The highest BCUT2D eigenvalue weighted by atomic mass is 15.2. The SMILES string of the molecule is Cc1cc(N(C)Cc2cnn(C)c2)ccc1N. The molecule has 0 saturated heterocycles. The topological polar surface area (TPSA) is 47.1 Å². The zero-order valence-electron chi connectivity index (χ0n) is 10.5. The number of benzene rings is 1. The molecule has 0 aliphatic heterocycles. The number of aryl methyl sites for hydroxylation is 2. The number of hydrogen-bond acceptors (Lipinski definition) is 3. The zero-order chi connectivity index (χ0) is 12.4. The second-order valence-corrected chi connectivity index (χ2v) is 4.42. The average Bonchev–Trinajstić information content (AvgIpc) is 2.68. The van der Waals surface area contributed by atoms with Crippen molar-refractivity contribution in [2.45, 2.75) is 13.5 Å². The van der Waals surface area contributed by atoms with E-state index in [9.17, 15) is 0 Å². The molecule has 90 valence electrons. The Morgan fingerprint density at radius 1 is 1.41 bits per heavy atom. The van der Waals surface area contributed by atoms with Gasteiger partial charge in [0.2, 0.25) is 0 Å². The molecule has 2 N–H and O–H groups in total. The van der Waals surface area contributed by atoms with Crippen molar-refractivity contribution in [1.82, 2.24) is 9.78 Å². The van der Waals surface area contributed by atoms with Gasteiger partial charge in [-0.3, -0.25) is 4.68 Å². The Bertz CT molecular complexity index is 516. The monoisotopic (exact) mass is 230 g/mol. The van der Waals surface area contributed by atoms with Crippen molar-refractivity contribution in [1.29, 1.82) is 0 Å². The highest BCUT2D eigenvalue weighted by Gasteiger charge is 2.05. The molecule has 1 heterocycles. The van der Waals surface area contributed by atoms with Crippen molar-refractivity contribution in [2.24, 2.45) is 7.05 Å². The molecule has 0 amide bonds. The van der Waals surface area contributed by atoms with Crippen LogP contribution in [0.5, 0.6) is 0 Å². The van der Waals surface area contributed by atoms with Crippen LogP contribution in [0.3, 0.4) is 0 Å². The van der Waals surface area contributed by atoms with Crippen molar-refractivity contribution >= 4 is 11.4 Å². The molecule has 1 aromatic heterocycles. The van der Waals surface area contributed by atoms with Gasteiger partial charge in [-0.25, -0.2) is 0 Å². The molecule has 2 rings (SSSR count). The summed E-state index contributed by atoms with van der Waals surface area (Å²) in [6.07, 6.45) is 3.92. The minimum atomic E-state index is 0.837. The second kappa shape index (κ2) is 4.49. The van der Waals surface area contributed by atoms with Crippen molar-refractivity contribution in [3.63, 3.8) is 0 Å². The van der Waals surface area contributed by atoms with Gasteiger partial charge in [0, 0.05) is 43.8 Å². The largest absolute Gasteiger partial charge is 0.399 e. The molecule has 0 radical (unpaired) electrons. The summed E-state index contributed by atoms with van der Waals surface area (Å²) in [5, 5.41) is 4.17. The number of hydrogen-bond donors (Lipinski definition) is 1. The first-order valence-electron chi connectivity index (χ1n) is 5.61. The molecule has 1 aromatic carbocycles. The van der Waals surface area contributed by atoms with Crippen molar-refractivity contribution in [3.05, 3.63) is 41.7 Å². The molecular weight excluding hydrogens is 212 g/mol. The van der Waals surface area contributed by atoms with Crippen LogP contribution < -0.4 is 10.6 Å². The molecule has 0 aliphatic carbocycles. The quantitative estimate of drug-likeness (QED) is 0.820. The third-order valence-corrected chi connectivity index (χ3v) is 2.87. The van der Waals surface area contributed by atoms with Crippen LogP contribution in [0.4, 0.5) is 11.4 Å². The lowest BCUT2D eigenvalue weighted by atomic mass is 10.1. The first-order chi connectivity index (χ1) is 8.06. The Hall–Kier alpha value is -1.97. The van der Waals surface area contributed by atoms with E-state index in [0.717, 1.165) is 17.8 Å². The van der Waals surface area contributed by atoms with E-state index in [4.69, 9.17) is 5.73 Å². The van der Waals surface area contributed by atoms with Crippen LogP contribution in [0.15, 0.2) is 30.6 Å². The standard InChI is InChI=1S/C13H18N4/c1-10-6-12(4-5-13(10)14)16(2)8-11-7-15-17(3)9-11/h4-7,9H,8,14H2,1-3H3. The molecular formula is C13H18N4. The summed E-state index contributed by atoms with van der Waals surface area (Å²) in [6, 6.07) is 6.09. The van der Waals surface area contributed by atoms with E-state index in [2.05, 4.69) is 23.1 Å². The Morgan fingerprint density at radius 3 is 2.76 bits per heavy atom. The van der Waals surface area contributed by atoms with Gasteiger partial charge in [0.05, 0.1) is 6.20 Å². The first kappa shape index (κ1) is 11.5. The number of anilines is 2. The summed E-state index contributed by atoms with van der Waals surface area (Å²) in [6.45, 7) is 2.87. The van der Waals surface area contributed by atoms with Crippen molar-refractivity contribution < 1.29 is 0 Å². The highest BCUT2D eigenvalue weighted by molar-refractivity contribution is 5.57. The molecule has 0 bridgehead atoms. The molecule has 0 unspecified atom stereocenters. The molecule has 4 nitrogen and oxygen atoms in total. The van der Waals surface area contributed by atoms with Gasteiger partial charge in [0.25, 0.3) is 0 Å². The summed E-state index contributed by atoms with van der Waals surface area (Å²) in [5.41, 5.74) is 10.1. The molecule has 17 heavy (non-hydrogen) atoms. The summed E-state index contributed by atoms with van der Waals surface area (Å²) >= 11 is 0. The van der Waals surface area contributed by atoms with E-state index in [1.54, 1.807) is 0 Å². The second-order valence-electron chi connectivity index (χ2n) is 4.42. The van der Waals surface area contributed by atoms with Gasteiger partial charge < -0.3 is 10.6 Å². The van der Waals surface area contributed by atoms with Gasteiger partial charge in [-0.05, 0) is 30.7 Å². The maximum absolute atomic E-state index is 5.81. The summed E-state index contributed by atoms with van der Waals surface area (Å²) in [4.78, 5) is 2.18. The van der Waals surface area contributed by atoms with Crippen LogP contribution >= 0.6 is 0 Å². The lowest BCUT2D eigenvalue weighted by Gasteiger charge is -2.19. The van der Waals surface area contributed by atoms with Crippen molar-refractivity contribution in [2.75, 3.05) is 17.7 Å². The van der Waals surface area contributed by atoms with Crippen LogP contribution in [0.1, 0.15) is 11.1 Å².